The van der Waals surface area contributed by atoms with Crippen LogP contribution < -0.4 is 10.6 Å². The number of nitrogens with two attached hydrogens (primary N) is 1. The predicted molar refractivity (Wildman–Crippen MR) is 93.3 cm³/mol. The van der Waals surface area contributed by atoms with Gasteiger partial charge in [0, 0.05) is 39.3 Å². The fourth-order valence-corrected chi connectivity index (χ4v) is 2.72. The van der Waals surface area contributed by atoms with E-state index in [1.165, 1.54) is 25.1 Å². The van der Waals surface area contributed by atoms with E-state index in [4.69, 9.17) is 11.1 Å². The lowest BCUT2D eigenvalue weighted by Gasteiger charge is -2.28. The molecule has 2 heterocycles. The Kier molecular flexibility index (Phi) is 6.30. The van der Waals surface area contributed by atoms with Crippen molar-refractivity contribution in [3.8, 4) is 0 Å². The number of nitrogens with zero attached hydrogens (tertiary/aromatic N) is 5. The first-order chi connectivity index (χ1) is 11.5. The Morgan fingerprint density at radius 1 is 1.38 bits per heavy atom. The molecule has 0 spiro atoms. The Bertz CT molecular complexity index is 557. The highest BCUT2D eigenvalue weighted by Gasteiger charge is 2.15. The number of nitrogens with one attached hydrogen (secondary N) is 1. The fourth-order valence-electron chi connectivity index (χ4n) is 2.72. The van der Waals surface area contributed by atoms with Gasteiger partial charge in [-0.25, -0.2) is 4.98 Å². The molecule has 1 saturated heterocycles. The van der Waals surface area contributed by atoms with Crippen molar-refractivity contribution in [2.45, 2.75) is 12.8 Å². The van der Waals surface area contributed by atoms with Gasteiger partial charge in [0.2, 0.25) is 0 Å². The van der Waals surface area contributed by atoms with Crippen LogP contribution in [0.5, 0.6) is 0 Å². The molecule has 1 fully saturated rings. The summed E-state index contributed by atoms with van der Waals surface area (Å²) in [4.78, 5) is 20.4. The summed E-state index contributed by atoms with van der Waals surface area (Å²) in [5, 5.41) is 18.4. The normalized spacial score (nSPS) is 14.5. The van der Waals surface area contributed by atoms with Gasteiger partial charge >= 0.3 is 0 Å². The maximum absolute atomic E-state index is 10.7. The zero-order chi connectivity index (χ0) is 17.5. The van der Waals surface area contributed by atoms with Crippen LogP contribution in [0.15, 0.2) is 18.3 Å². The molecule has 9 heteroatoms. The molecule has 0 atom stereocenters. The van der Waals surface area contributed by atoms with Gasteiger partial charge in [-0.15, -0.1) is 0 Å². The smallest absolute Gasteiger partial charge is 0.287 e. The van der Waals surface area contributed by atoms with Crippen LogP contribution in [-0.4, -0.2) is 72.0 Å². The van der Waals surface area contributed by atoms with Gasteiger partial charge in [0.1, 0.15) is 12.0 Å². The van der Waals surface area contributed by atoms with Crippen molar-refractivity contribution in [1.82, 2.24) is 14.8 Å². The van der Waals surface area contributed by atoms with Crippen molar-refractivity contribution in [3.05, 3.63) is 28.4 Å². The second-order valence-corrected chi connectivity index (χ2v) is 5.97. The largest absolute Gasteiger partial charge is 0.370 e. The van der Waals surface area contributed by atoms with Crippen molar-refractivity contribution in [1.29, 1.82) is 5.41 Å². The second-order valence-electron chi connectivity index (χ2n) is 5.97. The van der Waals surface area contributed by atoms with Crippen molar-refractivity contribution in [2.24, 2.45) is 5.73 Å². The van der Waals surface area contributed by atoms with Crippen LogP contribution in [0.25, 0.3) is 0 Å². The SMILES string of the molecule is CN(CCN(CCN1CCCC1)C(=N)N)c1ccc([N+](=O)[O-])cn1. The van der Waals surface area contributed by atoms with Crippen LogP contribution >= 0.6 is 0 Å². The van der Waals surface area contributed by atoms with E-state index in [9.17, 15) is 10.1 Å². The third-order valence-corrected chi connectivity index (χ3v) is 4.27. The van der Waals surface area contributed by atoms with Crippen LogP contribution in [0.1, 0.15) is 12.8 Å². The summed E-state index contributed by atoms with van der Waals surface area (Å²) >= 11 is 0. The number of anilines is 1. The first kappa shape index (κ1) is 17.9. The Morgan fingerprint density at radius 2 is 2.08 bits per heavy atom. The average Bonchev–Trinajstić information content (AvgIpc) is 3.07. The molecule has 0 unspecified atom stereocenters. The van der Waals surface area contributed by atoms with Crippen molar-refractivity contribution in [2.75, 3.05) is 51.2 Å². The lowest BCUT2D eigenvalue weighted by Crippen LogP contribution is -2.44. The Hall–Kier alpha value is -2.42. The van der Waals surface area contributed by atoms with E-state index in [1.807, 2.05) is 16.8 Å². The molecular weight excluding hydrogens is 310 g/mol. The third kappa shape index (κ3) is 5.05. The molecule has 3 N–H and O–H groups in total. The molecule has 132 valence electrons. The minimum Gasteiger partial charge on any atom is -0.370 e. The maximum atomic E-state index is 10.7. The molecule has 1 aliphatic rings. The summed E-state index contributed by atoms with van der Waals surface area (Å²) < 4.78 is 0. The summed E-state index contributed by atoms with van der Waals surface area (Å²) in [5.74, 6) is 0.725. The van der Waals surface area contributed by atoms with Gasteiger partial charge in [-0.2, -0.15) is 0 Å². The van der Waals surface area contributed by atoms with Crippen LogP contribution in [0.2, 0.25) is 0 Å². The Labute approximate surface area is 141 Å². The minimum atomic E-state index is -0.466. The molecule has 2 rings (SSSR count). The fraction of sp³-hybridized carbons (Fsp3) is 0.600. The van der Waals surface area contributed by atoms with E-state index in [0.717, 1.165) is 26.2 Å². The molecule has 0 saturated carbocycles. The van der Waals surface area contributed by atoms with Gasteiger partial charge in [-0.1, -0.05) is 0 Å². The quantitative estimate of drug-likeness (QED) is 0.311. The van der Waals surface area contributed by atoms with E-state index in [2.05, 4.69) is 9.88 Å². The summed E-state index contributed by atoms with van der Waals surface area (Å²) in [6.07, 6.45) is 3.74. The number of aromatic nitrogens is 1. The van der Waals surface area contributed by atoms with Gasteiger partial charge in [0.15, 0.2) is 5.96 Å². The van der Waals surface area contributed by atoms with Crippen LogP contribution in [-0.2, 0) is 0 Å². The lowest BCUT2D eigenvalue weighted by atomic mass is 10.3. The number of hydrogen-bond acceptors (Lipinski definition) is 6. The molecule has 1 aromatic rings. The second kappa shape index (κ2) is 8.44. The van der Waals surface area contributed by atoms with E-state index in [1.54, 1.807) is 6.07 Å². The van der Waals surface area contributed by atoms with Crippen LogP contribution in [0.3, 0.4) is 0 Å². The van der Waals surface area contributed by atoms with Crippen LogP contribution in [0.4, 0.5) is 11.5 Å². The number of guanidine groups is 1. The lowest BCUT2D eigenvalue weighted by molar-refractivity contribution is -0.385. The van der Waals surface area contributed by atoms with Crippen molar-refractivity contribution in [3.63, 3.8) is 0 Å². The number of pyridine rings is 1. The molecule has 0 bridgehead atoms. The molecular formula is C15H25N7O2. The van der Waals surface area contributed by atoms with Gasteiger partial charge in [-0.05, 0) is 32.0 Å². The summed E-state index contributed by atoms with van der Waals surface area (Å²) in [6.45, 7) is 5.13. The van der Waals surface area contributed by atoms with Gasteiger partial charge in [0.25, 0.3) is 5.69 Å². The van der Waals surface area contributed by atoms with Crippen molar-refractivity contribution >= 4 is 17.5 Å². The highest BCUT2D eigenvalue weighted by Crippen LogP contribution is 2.14. The standard InChI is InChI=1S/C15H25N7O2/c1-19(14-5-4-13(12-18-14)22(23)24)8-10-21(15(16)17)11-9-20-6-2-3-7-20/h4-5,12H,2-3,6-11H2,1H3,(H3,16,17). The first-order valence-corrected chi connectivity index (χ1v) is 8.10. The highest BCUT2D eigenvalue weighted by atomic mass is 16.6. The van der Waals surface area contributed by atoms with E-state index in [-0.39, 0.29) is 11.6 Å². The van der Waals surface area contributed by atoms with E-state index < -0.39 is 4.92 Å². The Balaban J connectivity index is 1.83. The molecule has 1 aliphatic heterocycles. The molecule has 1 aromatic heterocycles. The molecule has 0 aliphatic carbocycles. The zero-order valence-electron chi connectivity index (χ0n) is 14.0. The number of likely N-dealkylation sites (tertiary alicyclic amines) is 1. The summed E-state index contributed by atoms with van der Waals surface area (Å²) in [5.41, 5.74) is 5.66. The van der Waals surface area contributed by atoms with Crippen molar-refractivity contribution < 1.29 is 4.92 Å². The summed E-state index contributed by atoms with van der Waals surface area (Å²) in [6, 6.07) is 3.06. The summed E-state index contributed by atoms with van der Waals surface area (Å²) in [7, 11) is 1.87. The predicted octanol–water partition coefficient (Wildman–Crippen LogP) is 0.717. The maximum Gasteiger partial charge on any atom is 0.287 e. The molecule has 24 heavy (non-hydrogen) atoms. The minimum absolute atomic E-state index is 0.0249. The number of nitro groups is 1. The molecule has 9 nitrogen and oxygen atoms in total. The van der Waals surface area contributed by atoms with Gasteiger partial charge < -0.3 is 20.4 Å². The van der Waals surface area contributed by atoms with Crippen LogP contribution in [0, 0.1) is 15.5 Å². The average molecular weight is 335 g/mol. The first-order valence-electron chi connectivity index (χ1n) is 8.10. The highest BCUT2D eigenvalue weighted by molar-refractivity contribution is 5.74. The topological polar surface area (TPSA) is 116 Å². The molecule has 0 aromatic carbocycles. The number of rotatable bonds is 8. The zero-order valence-corrected chi connectivity index (χ0v) is 14.0. The number of hydrogen-bond donors (Lipinski definition) is 2. The van der Waals surface area contributed by atoms with E-state index >= 15 is 0 Å². The number of likely N-dealkylation sites (N-methyl/N-ethyl adjacent to an activating group) is 1. The third-order valence-electron chi connectivity index (χ3n) is 4.27. The molecule has 0 amide bonds. The monoisotopic (exact) mass is 335 g/mol. The van der Waals surface area contributed by atoms with Gasteiger partial charge in [-0.3, -0.25) is 15.5 Å². The van der Waals surface area contributed by atoms with Gasteiger partial charge in [0.05, 0.1) is 4.92 Å². The molecule has 0 radical (unpaired) electrons. The van der Waals surface area contributed by atoms with E-state index in [0.29, 0.717) is 18.9 Å². The Morgan fingerprint density at radius 3 is 2.62 bits per heavy atom.